The van der Waals surface area contributed by atoms with Gasteiger partial charge in [0.25, 0.3) is 0 Å². The molecule has 98 valence electrons. The molecule has 1 saturated carbocycles. The smallest absolute Gasteiger partial charge is 0.146 e. The molecular formula is C15H20FNO. The average molecular weight is 249 g/mol. The molecule has 0 bridgehead atoms. The third kappa shape index (κ3) is 2.40. The van der Waals surface area contributed by atoms with Gasteiger partial charge in [-0.05, 0) is 25.0 Å². The highest BCUT2D eigenvalue weighted by atomic mass is 19.1. The lowest BCUT2D eigenvalue weighted by Gasteiger charge is -2.24. The normalized spacial score (nSPS) is 22.2. The minimum atomic E-state index is -0.232. The van der Waals surface area contributed by atoms with Crippen LogP contribution >= 0.6 is 0 Å². The van der Waals surface area contributed by atoms with Crippen molar-refractivity contribution in [2.75, 3.05) is 18.5 Å². The van der Waals surface area contributed by atoms with Crippen LogP contribution < -0.4 is 4.90 Å². The summed E-state index contributed by atoms with van der Waals surface area (Å²) in [5, 5.41) is 0. The number of hydrogen-bond acceptors (Lipinski definition) is 2. The first-order valence-electron chi connectivity index (χ1n) is 6.42. The largest absolute Gasteiger partial charge is 0.372 e. The molecule has 0 radical (unpaired) electrons. The molecule has 1 aliphatic rings. The monoisotopic (exact) mass is 249 g/mol. The number of para-hydroxylation sites is 1. The zero-order chi connectivity index (χ0) is 13.3. The summed E-state index contributed by atoms with van der Waals surface area (Å²) in [6.07, 6.45) is 1.84. The summed E-state index contributed by atoms with van der Waals surface area (Å²) in [5.74, 6) is 0.111. The standard InChI is InChI=1S/C15H20FNO/c1-15(2)9-8-11(14(15)18)10-17(3)13-7-5-4-6-12(13)16/h4-7,11H,8-10H2,1-3H3. The van der Waals surface area contributed by atoms with Gasteiger partial charge in [0.15, 0.2) is 0 Å². The number of halogens is 1. The molecule has 1 fully saturated rings. The Balaban J connectivity index is 2.07. The fourth-order valence-corrected chi connectivity index (χ4v) is 2.71. The van der Waals surface area contributed by atoms with Crippen molar-refractivity contribution in [2.45, 2.75) is 26.7 Å². The van der Waals surface area contributed by atoms with Gasteiger partial charge in [-0.25, -0.2) is 4.39 Å². The summed E-state index contributed by atoms with van der Waals surface area (Å²) in [5.41, 5.74) is 0.357. The first kappa shape index (κ1) is 13.1. The van der Waals surface area contributed by atoms with Crippen molar-refractivity contribution in [2.24, 2.45) is 11.3 Å². The van der Waals surface area contributed by atoms with Crippen LogP contribution in [-0.4, -0.2) is 19.4 Å². The second kappa shape index (κ2) is 4.71. The molecule has 0 spiro atoms. The first-order chi connectivity index (χ1) is 8.42. The van der Waals surface area contributed by atoms with Crippen molar-refractivity contribution >= 4 is 11.5 Å². The fraction of sp³-hybridized carbons (Fsp3) is 0.533. The maximum absolute atomic E-state index is 13.6. The van der Waals surface area contributed by atoms with Gasteiger partial charge in [0.05, 0.1) is 5.69 Å². The second-order valence-corrected chi connectivity index (χ2v) is 5.82. The highest BCUT2D eigenvalue weighted by Crippen LogP contribution is 2.38. The van der Waals surface area contributed by atoms with E-state index in [0.29, 0.717) is 18.0 Å². The summed E-state index contributed by atoms with van der Waals surface area (Å²) in [4.78, 5) is 14.0. The number of carbonyl (C=O) groups excluding carboxylic acids is 1. The molecule has 0 heterocycles. The molecule has 0 aliphatic heterocycles. The van der Waals surface area contributed by atoms with Gasteiger partial charge in [-0.3, -0.25) is 4.79 Å². The van der Waals surface area contributed by atoms with Crippen molar-refractivity contribution < 1.29 is 9.18 Å². The van der Waals surface area contributed by atoms with Crippen LogP contribution in [0.1, 0.15) is 26.7 Å². The molecule has 0 amide bonds. The Bertz CT molecular complexity index is 456. The van der Waals surface area contributed by atoms with Gasteiger partial charge in [-0.1, -0.05) is 26.0 Å². The third-order valence-electron chi connectivity index (χ3n) is 3.91. The molecule has 1 aromatic rings. The van der Waals surface area contributed by atoms with Crippen LogP contribution in [0, 0.1) is 17.2 Å². The molecule has 0 N–H and O–H groups in total. The van der Waals surface area contributed by atoms with Gasteiger partial charge in [0.1, 0.15) is 11.6 Å². The zero-order valence-electron chi connectivity index (χ0n) is 11.2. The molecule has 0 saturated heterocycles. The van der Waals surface area contributed by atoms with E-state index in [1.54, 1.807) is 12.1 Å². The van der Waals surface area contributed by atoms with E-state index in [4.69, 9.17) is 0 Å². The molecule has 1 aromatic carbocycles. The Morgan fingerprint density at radius 3 is 2.61 bits per heavy atom. The molecule has 1 atom stereocenters. The van der Waals surface area contributed by atoms with E-state index in [1.807, 2.05) is 31.9 Å². The van der Waals surface area contributed by atoms with E-state index >= 15 is 0 Å². The molecule has 0 aromatic heterocycles. The van der Waals surface area contributed by atoms with E-state index in [1.165, 1.54) is 6.07 Å². The molecule has 2 nitrogen and oxygen atoms in total. The maximum Gasteiger partial charge on any atom is 0.146 e. The van der Waals surface area contributed by atoms with Crippen molar-refractivity contribution in [1.29, 1.82) is 0 Å². The second-order valence-electron chi connectivity index (χ2n) is 5.82. The fourth-order valence-electron chi connectivity index (χ4n) is 2.71. The van der Waals surface area contributed by atoms with Crippen LogP contribution in [0.2, 0.25) is 0 Å². The summed E-state index contributed by atoms with van der Waals surface area (Å²) in [7, 11) is 1.84. The molecule has 18 heavy (non-hydrogen) atoms. The van der Waals surface area contributed by atoms with Gasteiger partial charge in [0, 0.05) is 24.9 Å². The quantitative estimate of drug-likeness (QED) is 0.819. The van der Waals surface area contributed by atoms with Crippen LogP contribution in [-0.2, 0) is 4.79 Å². The molecular weight excluding hydrogens is 229 g/mol. The minimum Gasteiger partial charge on any atom is -0.372 e. The van der Waals surface area contributed by atoms with Gasteiger partial charge in [-0.2, -0.15) is 0 Å². The zero-order valence-corrected chi connectivity index (χ0v) is 11.2. The third-order valence-corrected chi connectivity index (χ3v) is 3.91. The summed E-state index contributed by atoms with van der Waals surface area (Å²) in [6, 6.07) is 6.69. The number of carbonyl (C=O) groups is 1. The summed E-state index contributed by atoms with van der Waals surface area (Å²) in [6.45, 7) is 4.60. The predicted octanol–water partition coefficient (Wildman–Crippen LogP) is 3.27. The lowest BCUT2D eigenvalue weighted by molar-refractivity contribution is -0.127. The van der Waals surface area contributed by atoms with E-state index in [-0.39, 0.29) is 17.2 Å². The van der Waals surface area contributed by atoms with Gasteiger partial charge in [-0.15, -0.1) is 0 Å². The highest BCUT2D eigenvalue weighted by molar-refractivity contribution is 5.88. The number of hydrogen-bond donors (Lipinski definition) is 0. The number of anilines is 1. The van der Waals surface area contributed by atoms with E-state index < -0.39 is 0 Å². The Hall–Kier alpha value is -1.38. The molecule has 3 heteroatoms. The lowest BCUT2D eigenvalue weighted by Crippen LogP contribution is -2.31. The van der Waals surface area contributed by atoms with Crippen LogP contribution in [0.4, 0.5) is 10.1 Å². The van der Waals surface area contributed by atoms with Crippen molar-refractivity contribution in [3.05, 3.63) is 30.1 Å². The number of benzene rings is 1. The number of rotatable bonds is 3. The van der Waals surface area contributed by atoms with Gasteiger partial charge in [0.2, 0.25) is 0 Å². The van der Waals surface area contributed by atoms with Crippen LogP contribution in [0.5, 0.6) is 0 Å². The topological polar surface area (TPSA) is 20.3 Å². The van der Waals surface area contributed by atoms with Crippen molar-refractivity contribution in [3.8, 4) is 0 Å². The Labute approximate surface area is 108 Å². The molecule has 2 rings (SSSR count). The van der Waals surface area contributed by atoms with Crippen LogP contribution in [0.15, 0.2) is 24.3 Å². The SMILES string of the molecule is CN(CC1CCC(C)(C)C1=O)c1ccccc1F. The van der Waals surface area contributed by atoms with Crippen molar-refractivity contribution in [1.82, 2.24) is 0 Å². The van der Waals surface area contributed by atoms with E-state index in [2.05, 4.69) is 0 Å². The molecule has 1 aliphatic carbocycles. The Kier molecular flexibility index (Phi) is 3.42. The number of Topliss-reactive ketones (excluding diaryl/α,β-unsaturated/α-hetero) is 1. The van der Waals surface area contributed by atoms with Crippen LogP contribution in [0.25, 0.3) is 0 Å². The Morgan fingerprint density at radius 2 is 2.06 bits per heavy atom. The van der Waals surface area contributed by atoms with Crippen LogP contribution in [0.3, 0.4) is 0 Å². The van der Waals surface area contributed by atoms with Crippen molar-refractivity contribution in [3.63, 3.8) is 0 Å². The molecule has 1 unspecified atom stereocenters. The van der Waals surface area contributed by atoms with E-state index in [9.17, 15) is 9.18 Å². The summed E-state index contributed by atoms with van der Waals surface area (Å²) < 4.78 is 13.6. The van der Waals surface area contributed by atoms with Gasteiger partial charge >= 0.3 is 0 Å². The first-order valence-corrected chi connectivity index (χ1v) is 6.42. The minimum absolute atomic E-state index is 0.0320. The predicted molar refractivity (Wildman–Crippen MR) is 71.2 cm³/mol. The van der Waals surface area contributed by atoms with E-state index in [0.717, 1.165) is 12.8 Å². The Morgan fingerprint density at radius 1 is 1.39 bits per heavy atom. The average Bonchev–Trinajstić information content (AvgIpc) is 2.57. The number of ketones is 1. The summed E-state index contributed by atoms with van der Waals surface area (Å²) >= 11 is 0. The van der Waals surface area contributed by atoms with Gasteiger partial charge < -0.3 is 4.90 Å². The number of nitrogens with zero attached hydrogens (tertiary/aromatic N) is 1. The maximum atomic E-state index is 13.6. The highest BCUT2D eigenvalue weighted by Gasteiger charge is 2.40. The lowest BCUT2D eigenvalue weighted by atomic mass is 9.89.